The van der Waals surface area contributed by atoms with Crippen molar-refractivity contribution in [3.05, 3.63) is 18.2 Å². The number of rotatable bonds is 11. The summed E-state index contributed by atoms with van der Waals surface area (Å²) in [5.74, 6) is 4.35. The first-order valence-electron chi connectivity index (χ1n) is 16.7. The molecule has 4 aliphatic carbocycles. The van der Waals surface area contributed by atoms with Crippen LogP contribution in [-0.4, -0.2) is 39.2 Å². The standard InChI is InChI=1S/C34H58N4O2/c1-22(2)7-6-8-23(3)27-9-10-28-26-18-30(37-16-13-25-20-36-21-38-25)34(40)19-24(17-31(35)39)11-15-33(34,5)29(26)12-14-32(27,28)4/h20-24,26-30,37,40H,6-19H2,1-5H3,(H2,35,39)(H,36,38)/t23-,24-,26+,27-,28+,29+,30-,32-,33-,34+/m1/s1. The van der Waals surface area contributed by atoms with Gasteiger partial charge in [-0.1, -0.05) is 53.9 Å². The number of amides is 1. The van der Waals surface area contributed by atoms with Crippen molar-refractivity contribution in [1.29, 1.82) is 0 Å². The van der Waals surface area contributed by atoms with Crippen LogP contribution in [0.2, 0.25) is 0 Å². The molecule has 0 radical (unpaired) electrons. The van der Waals surface area contributed by atoms with E-state index in [4.69, 9.17) is 5.73 Å². The fourth-order valence-corrected chi connectivity index (χ4v) is 11.0. The molecule has 5 N–H and O–H groups in total. The molecular weight excluding hydrogens is 496 g/mol. The molecule has 0 spiro atoms. The van der Waals surface area contributed by atoms with Crippen LogP contribution in [0.1, 0.15) is 117 Å². The van der Waals surface area contributed by atoms with Crippen LogP contribution in [0.15, 0.2) is 12.5 Å². The molecule has 6 nitrogen and oxygen atoms in total. The number of aromatic nitrogens is 2. The van der Waals surface area contributed by atoms with E-state index in [0.29, 0.717) is 30.1 Å². The van der Waals surface area contributed by atoms with Crippen LogP contribution >= 0.6 is 0 Å². The Hall–Kier alpha value is -1.40. The van der Waals surface area contributed by atoms with Gasteiger partial charge in [-0.15, -0.1) is 0 Å². The van der Waals surface area contributed by atoms with Gasteiger partial charge >= 0.3 is 0 Å². The predicted octanol–water partition coefficient (Wildman–Crippen LogP) is 6.25. The normalized spacial score (nSPS) is 41.8. The lowest BCUT2D eigenvalue weighted by Gasteiger charge is -2.67. The van der Waals surface area contributed by atoms with Crippen molar-refractivity contribution in [2.24, 2.45) is 58.0 Å². The molecule has 4 saturated carbocycles. The third-order valence-electron chi connectivity index (χ3n) is 13.0. The summed E-state index contributed by atoms with van der Waals surface area (Å²) in [4.78, 5) is 19.4. The first-order valence-corrected chi connectivity index (χ1v) is 16.7. The van der Waals surface area contributed by atoms with E-state index in [1.807, 2.05) is 6.20 Å². The van der Waals surface area contributed by atoms with Crippen molar-refractivity contribution in [2.75, 3.05) is 6.54 Å². The lowest BCUT2D eigenvalue weighted by Crippen LogP contribution is -2.71. The second-order valence-electron chi connectivity index (χ2n) is 15.6. The molecule has 1 amide bonds. The Morgan fingerprint density at radius 3 is 2.65 bits per heavy atom. The Bertz CT molecular complexity index is 996. The van der Waals surface area contributed by atoms with Gasteiger partial charge in [0.05, 0.1) is 17.6 Å². The third kappa shape index (κ3) is 5.41. The molecular formula is C34H58N4O2. The lowest BCUT2D eigenvalue weighted by molar-refractivity contribution is -0.228. The van der Waals surface area contributed by atoms with Gasteiger partial charge in [-0.05, 0) is 98.2 Å². The molecule has 5 rings (SSSR count). The van der Waals surface area contributed by atoms with E-state index in [0.717, 1.165) is 61.6 Å². The molecule has 6 heteroatoms. The molecule has 40 heavy (non-hydrogen) atoms. The Labute approximate surface area is 243 Å². The summed E-state index contributed by atoms with van der Waals surface area (Å²) < 4.78 is 0. The largest absolute Gasteiger partial charge is 0.388 e. The molecule has 1 aromatic rings. The van der Waals surface area contributed by atoms with E-state index in [9.17, 15) is 9.90 Å². The number of carbonyl (C=O) groups excluding carboxylic acids is 1. The minimum absolute atomic E-state index is 0.0400. The summed E-state index contributed by atoms with van der Waals surface area (Å²) in [5, 5.41) is 16.6. The number of fused-ring (bicyclic) bond motifs is 5. The molecule has 0 unspecified atom stereocenters. The smallest absolute Gasteiger partial charge is 0.217 e. The molecule has 1 aromatic heterocycles. The second-order valence-corrected chi connectivity index (χ2v) is 15.6. The van der Waals surface area contributed by atoms with E-state index >= 15 is 0 Å². The summed E-state index contributed by atoms with van der Waals surface area (Å²) in [6.45, 7) is 13.1. The Morgan fingerprint density at radius 1 is 1.15 bits per heavy atom. The van der Waals surface area contributed by atoms with Gasteiger partial charge in [-0.25, -0.2) is 4.98 Å². The quantitative estimate of drug-likeness (QED) is 0.260. The van der Waals surface area contributed by atoms with E-state index in [1.54, 1.807) is 6.33 Å². The Balaban J connectivity index is 1.37. The number of nitrogens with two attached hydrogens (primary N) is 1. The van der Waals surface area contributed by atoms with Gasteiger partial charge < -0.3 is 21.1 Å². The molecule has 4 fully saturated rings. The maximum absolute atomic E-state index is 12.7. The molecule has 226 valence electrons. The molecule has 0 saturated heterocycles. The molecule has 1 heterocycles. The van der Waals surface area contributed by atoms with Crippen LogP contribution in [-0.2, 0) is 11.2 Å². The van der Waals surface area contributed by atoms with Gasteiger partial charge in [0.2, 0.25) is 5.91 Å². The van der Waals surface area contributed by atoms with Crippen LogP contribution in [0.4, 0.5) is 0 Å². The summed E-state index contributed by atoms with van der Waals surface area (Å²) in [7, 11) is 0. The van der Waals surface area contributed by atoms with Gasteiger partial charge in [0.25, 0.3) is 0 Å². The first kappa shape index (κ1) is 30.1. The topological polar surface area (TPSA) is 104 Å². The number of H-pyrrole nitrogens is 1. The van der Waals surface area contributed by atoms with Crippen LogP contribution in [0.3, 0.4) is 0 Å². The van der Waals surface area contributed by atoms with Crippen molar-refractivity contribution in [3.63, 3.8) is 0 Å². The minimum atomic E-state index is -0.812. The van der Waals surface area contributed by atoms with Crippen molar-refractivity contribution < 1.29 is 9.90 Å². The zero-order valence-corrected chi connectivity index (χ0v) is 26.1. The number of aliphatic hydroxyl groups is 1. The van der Waals surface area contributed by atoms with E-state index in [-0.39, 0.29) is 23.3 Å². The SMILES string of the molecule is CC(C)CCC[C@@H](C)[C@H]1CC[C@H]2[C@@H]3C[C@@H](NCCc4c[nH]cn4)[C@@]4(O)C[C@@H](CC(N)=O)CC[C@]4(C)[C@H]3CC[C@]12C. The zero-order valence-electron chi connectivity index (χ0n) is 26.1. The molecule has 0 bridgehead atoms. The van der Waals surface area contributed by atoms with E-state index < -0.39 is 5.60 Å². The van der Waals surface area contributed by atoms with Gasteiger partial charge in [0, 0.05) is 37.0 Å². The fourth-order valence-electron chi connectivity index (χ4n) is 11.0. The van der Waals surface area contributed by atoms with Crippen molar-refractivity contribution >= 4 is 5.91 Å². The second kappa shape index (κ2) is 11.7. The number of nitrogens with one attached hydrogen (secondary N) is 2. The van der Waals surface area contributed by atoms with Gasteiger partial charge in [0.15, 0.2) is 0 Å². The maximum Gasteiger partial charge on any atom is 0.217 e. The number of hydrogen-bond acceptors (Lipinski definition) is 4. The van der Waals surface area contributed by atoms with Crippen LogP contribution in [0.5, 0.6) is 0 Å². The fraction of sp³-hybridized carbons (Fsp3) is 0.882. The molecule has 10 atom stereocenters. The average molecular weight is 555 g/mol. The minimum Gasteiger partial charge on any atom is -0.388 e. The van der Waals surface area contributed by atoms with Crippen molar-refractivity contribution in [2.45, 2.75) is 130 Å². The molecule has 4 aliphatic rings. The number of hydrogen-bond donors (Lipinski definition) is 4. The summed E-state index contributed by atoms with van der Waals surface area (Å²) in [6.07, 6.45) is 18.1. The van der Waals surface area contributed by atoms with Crippen LogP contribution in [0.25, 0.3) is 0 Å². The van der Waals surface area contributed by atoms with Crippen LogP contribution < -0.4 is 11.1 Å². The van der Waals surface area contributed by atoms with Gasteiger partial charge in [-0.2, -0.15) is 0 Å². The highest BCUT2D eigenvalue weighted by molar-refractivity contribution is 5.74. The highest BCUT2D eigenvalue weighted by atomic mass is 16.3. The van der Waals surface area contributed by atoms with Gasteiger partial charge in [0.1, 0.15) is 0 Å². The summed E-state index contributed by atoms with van der Waals surface area (Å²) in [5.41, 5.74) is 6.19. The monoisotopic (exact) mass is 554 g/mol. The summed E-state index contributed by atoms with van der Waals surface area (Å²) >= 11 is 0. The Kier molecular flexibility index (Phi) is 8.80. The Morgan fingerprint density at radius 2 is 1.95 bits per heavy atom. The number of aromatic amines is 1. The molecule has 0 aliphatic heterocycles. The predicted molar refractivity (Wildman–Crippen MR) is 161 cm³/mol. The van der Waals surface area contributed by atoms with E-state index in [1.165, 1.54) is 44.9 Å². The zero-order chi connectivity index (χ0) is 28.7. The number of nitrogens with zero attached hydrogens (tertiary/aromatic N) is 1. The lowest BCUT2D eigenvalue weighted by atomic mass is 9.41. The highest BCUT2D eigenvalue weighted by Gasteiger charge is 2.67. The van der Waals surface area contributed by atoms with Crippen molar-refractivity contribution in [3.8, 4) is 0 Å². The van der Waals surface area contributed by atoms with E-state index in [2.05, 4.69) is 49.9 Å². The highest BCUT2D eigenvalue weighted by Crippen LogP contribution is 2.69. The molecule has 0 aromatic carbocycles. The van der Waals surface area contributed by atoms with Gasteiger partial charge in [-0.3, -0.25) is 4.79 Å². The number of carbonyl (C=O) groups is 1. The van der Waals surface area contributed by atoms with Crippen molar-refractivity contribution in [1.82, 2.24) is 15.3 Å². The maximum atomic E-state index is 12.7. The number of primary amides is 1. The average Bonchev–Trinajstić information content (AvgIpc) is 3.52. The third-order valence-corrected chi connectivity index (χ3v) is 13.0. The summed E-state index contributed by atoms with van der Waals surface area (Å²) in [6, 6.07) is 0.0400. The number of imidazole rings is 1. The van der Waals surface area contributed by atoms with Crippen LogP contribution in [0, 0.1) is 52.3 Å². The first-order chi connectivity index (χ1) is 19.0.